The third-order valence-electron chi connectivity index (χ3n) is 1.41. The van der Waals surface area contributed by atoms with Crippen LogP contribution < -0.4 is 5.56 Å². The van der Waals surface area contributed by atoms with Crippen LogP contribution in [0.15, 0.2) is 23.1 Å². The van der Waals surface area contributed by atoms with E-state index in [1.165, 1.54) is 13.0 Å². The summed E-state index contributed by atoms with van der Waals surface area (Å²) in [7, 11) is 0. The molecule has 0 saturated carbocycles. The van der Waals surface area contributed by atoms with Crippen LogP contribution in [0.4, 0.5) is 0 Å². The molecule has 0 aromatic carbocycles. The molecule has 1 aromatic heterocycles. The maximum absolute atomic E-state index is 10.8. The van der Waals surface area contributed by atoms with Gasteiger partial charge in [0.15, 0.2) is 5.78 Å². The van der Waals surface area contributed by atoms with Gasteiger partial charge in [-0.1, -0.05) is 27.7 Å². The number of pyridine rings is 1. The van der Waals surface area contributed by atoms with E-state index in [0.29, 0.717) is 6.61 Å². The molecule has 0 radical (unpaired) electrons. The lowest BCUT2D eigenvalue weighted by molar-refractivity contribution is -0.121. The Balaban J connectivity index is 0. The number of aromatic amines is 1. The lowest BCUT2D eigenvalue weighted by atomic mass is 10.3. The number of rotatable bonds is 4. The molecule has 0 saturated heterocycles. The highest BCUT2D eigenvalue weighted by molar-refractivity contribution is 5.76. The Morgan fingerprint density at radius 2 is 1.88 bits per heavy atom. The van der Waals surface area contributed by atoms with Crippen molar-refractivity contribution in [2.24, 2.45) is 0 Å². The van der Waals surface area contributed by atoms with Gasteiger partial charge in [-0.2, -0.15) is 0 Å². The molecule has 17 heavy (non-hydrogen) atoms. The lowest BCUT2D eigenvalue weighted by Crippen LogP contribution is -2.07. The summed E-state index contributed by atoms with van der Waals surface area (Å²) < 4.78 is 5.03. The van der Waals surface area contributed by atoms with Crippen molar-refractivity contribution in [2.75, 3.05) is 6.61 Å². The minimum atomic E-state index is -0.163. The first-order chi connectivity index (χ1) is 8.18. The van der Waals surface area contributed by atoms with E-state index in [1.54, 1.807) is 12.3 Å². The minimum absolute atomic E-state index is 0.0233. The summed E-state index contributed by atoms with van der Waals surface area (Å²) in [5.74, 6) is -0.0233. The first-order valence-corrected chi connectivity index (χ1v) is 5.93. The molecule has 0 aliphatic rings. The van der Waals surface area contributed by atoms with E-state index in [1.807, 2.05) is 27.7 Å². The summed E-state index contributed by atoms with van der Waals surface area (Å²) >= 11 is 0. The van der Waals surface area contributed by atoms with Gasteiger partial charge in [0.1, 0.15) is 6.61 Å². The van der Waals surface area contributed by atoms with Gasteiger partial charge in [-0.25, -0.2) is 0 Å². The van der Waals surface area contributed by atoms with Crippen LogP contribution >= 0.6 is 0 Å². The zero-order valence-corrected chi connectivity index (χ0v) is 11.4. The highest BCUT2D eigenvalue weighted by Crippen LogP contribution is 1.95. The average Bonchev–Trinajstić information content (AvgIpc) is 2.34. The number of carbonyl (C=O) groups excluding carboxylic acids is 1. The van der Waals surface area contributed by atoms with Gasteiger partial charge in [0.25, 0.3) is 0 Å². The number of H-pyrrole nitrogens is 1. The van der Waals surface area contributed by atoms with Crippen molar-refractivity contribution in [3.8, 4) is 0 Å². The normalized spacial score (nSPS) is 8.29. The highest BCUT2D eigenvalue weighted by Gasteiger charge is 1.95. The van der Waals surface area contributed by atoms with Gasteiger partial charge in [0, 0.05) is 12.3 Å². The fourth-order valence-electron chi connectivity index (χ4n) is 0.891. The van der Waals surface area contributed by atoms with Gasteiger partial charge in [0.2, 0.25) is 5.56 Å². The highest BCUT2D eigenvalue weighted by atomic mass is 16.5. The molecular formula is C13H23NO3. The predicted molar refractivity (Wildman–Crippen MR) is 70.1 cm³/mol. The quantitative estimate of drug-likeness (QED) is 0.881. The zero-order valence-electron chi connectivity index (χ0n) is 11.4. The Labute approximate surface area is 103 Å². The number of carbonyl (C=O) groups is 1. The summed E-state index contributed by atoms with van der Waals surface area (Å²) in [5, 5.41) is 0. The Morgan fingerprint density at radius 3 is 2.35 bits per heavy atom. The van der Waals surface area contributed by atoms with Crippen LogP contribution in [-0.2, 0) is 16.1 Å². The molecule has 4 heteroatoms. The standard InChI is InChI=1S/C9H11NO3.2C2H6/c1-7(11)5-13-6-8-2-3-10-9(12)4-8;2*1-2/h2-4H,5-6H2,1H3,(H,10,12);2*1-2H3. The van der Waals surface area contributed by atoms with Gasteiger partial charge in [-0.15, -0.1) is 0 Å². The molecule has 0 fully saturated rings. The van der Waals surface area contributed by atoms with Crippen LogP contribution in [0, 0.1) is 0 Å². The van der Waals surface area contributed by atoms with Crippen LogP contribution in [0.25, 0.3) is 0 Å². The maximum Gasteiger partial charge on any atom is 0.248 e. The second-order valence-corrected chi connectivity index (χ2v) is 2.76. The van der Waals surface area contributed by atoms with E-state index in [2.05, 4.69) is 4.98 Å². The van der Waals surface area contributed by atoms with Crippen LogP contribution in [0.5, 0.6) is 0 Å². The Kier molecular flexibility index (Phi) is 13.4. The molecule has 0 amide bonds. The molecule has 1 rings (SSSR count). The topological polar surface area (TPSA) is 59.2 Å². The number of aromatic nitrogens is 1. The van der Waals surface area contributed by atoms with Gasteiger partial charge in [0.05, 0.1) is 6.61 Å². The molecule has 1 heterocycles. The summed E-state index contributed by atoms with van der Waals surface area (Å²) in [6.45, 7) is 9.84. The molecule has 0 atom stereocenters. The first kappa shape index (κ1) is 18.0. The second kappa shape index (κ2) is 12.6. The van der Waals surface area contributed by atoms with E-state index < -0.39 is 0 Å². The summed E-state index contributed by atoms with van der Waals surface area (Å²) in [6.07, 6.45) is 1.55. The number of nitrogens with one attached hydrogen (secondary N) is 1. The minimum Gasteiger partial charge on any atom is -0.369 e. The predicted octanol–water partition coefficient (Wildman–Crippen LogP) is 2.53. The summed E-state index contributed by atoms with van der Waals surface area (Å²) in [5.41, 5.74) is 0.605. The van der Waals surface area contributed by atoms with Crippen LogP contribution in [-0.4, -0.2) is 17.4 Å². The molecule has 98 valence electrons. The van der Waals surface area contributed by atoms with E-state index in [9.17, 15) is 9.59 Å². The smallest absolute Gasteiger partial charge is 0.248 e. The van der Waals surface area contributed by atoms with Crippen LogP contribution in [0.3, 0.4) is 0 Å². The number of hydrogen-bond donors (Lipinski definition) is 1. The zero-order chi connectivity index (χ0) is 13.7. The lowest BCUT2D eigenvalue weighted by Gasteiger charge is -2.00. The molecule has 0 unspecified atom stereocenters. The van der Waals surface area contributed by atoms with E-state index in [4.69, 9.17) is 4.74 Å². The molecule has 1 aromatic rings. The SMILES string of the molecule is CC.CC.CC(=O)COCc1cc[nH]c(=O)c1. The van der Waals surface area contributed by atoms with Crippen molar-refractivity contribution >= 4 is 5.78 Å². The second-order valence-electron chi connectivity index (χ2n) is 2.76. The largest absolute Gasteiger partial charge is 0.369 e. The maximum atomic E-state index is 10.8. The molecule has 0 aliphatic carbocycles. The third kappa shape index (κ3) is 10.9. The molecular weight excluding hydrogens is 218 g/mol. The van der Waals surface area contributed by atoms with Crippen molar-refractivity contribution < 1.29 is 9.53 Å². The van der Waals surface area contributed by atoms with Crippen LogP contribution in [0.2, 0.25) is 0 Å². The molecule has 4 nitrogen and oxygen atoms in total. The fourth-order valence-corrected chi connectivity index (χ4v) is 0.891. The van der Waals surface area contributed by atoms with Crippen molar-refractivity contribution in [1.29, 1.82) is 0 Å². The van der Waals surface area contributed by atoms with Crippen molar-refractivity contribution in [2.45, 2.75) is 41.2 Å². The van der Waals surface area contributed by atoms with Gasteiger partial charge in [-0.05, 0) is 18.6 Å². The van der Waals surface area contributed by atoms with Gasteiger partial charge in [-0.3, -0.25) is 9.59 Å². The Morgan fingerprint density at radius 1 is 1.29 bits per heavy atom. The monoisotopic (exact) mass is 241 g/mol. The first-order valence-electron chi connectivity index (χ1n) is 5.93. The Bertz CT molecular complexity index is 345. The average molecular weight is 241 g/mol. The number of ketones is 1. The van der Waals surface area contributed by atoms with Crippen LogP contribution in [0.1, 0.15) is 40.2 Å². The molecule has 0 spiro atoms. The summed E-state index contributed by atoms with van der Waals surface area (Å²) in [4.78, 5) is 23.8. The number of Topliss-reactive ketones (excluding diaryl/α,β-unsaturated/α-hetero) is 1. The van der Waals surface area contributed by atoms with E-state index >= 15 is 0 Å². The Hall–Kier alpha value is -1.42. The molecule has 0 aliphatic heterocycles. The molecule has 1 N–H and O–H groups in total. The number of ether oxygens (including phenoxy) is 1. The van der Waals surface area contributed by atoms with E-state index in [0.717, 1.165) is 5.56 Å². The van der Waals surface area contributed by atoms with Crippen molar-refractivity contribution in [3.05, 3.63) is 34.2 Å². The van der Waals surface area contributed by atoms with Crippen molar-refractivity contribution in [3.63, 3.8) is 0 Å². The third-order valence-corrected chi connectivity index (χ3v) is 1.41. The van der Waals surface area contributed by atoms with Gasteiger partial charge >= 0.3 is 0 Å². The summed E-state index contributed by atoms with van der Waals surface area (Å²) in [6, 6.07) is 3.18. The van der Waals surface area contributed by atoms with E-state index in [-0.39, 0.29) is 17.9 Å². The fraction of sp³-hybridized carbons (Fsp3) is 0.538. The van der Waals surface area contributed by atoms with Crippen molar-refractivity contribution in [1.82, 2.24) is 4.98 Å². The number of hydrogen-bond acceptors (Lipinski definition) is 3. The molecule has 0 bridgehead atoms. The van der Waals surface area contributed by atoms with Gasteiger partial charge < -0.3 is 9.72 Å².